The maximum atomic E-state index is 7.78. The molecule has 0 aromatic rings. The minimum Gasteiger partial charge on any atom is -0.373 e. The second-order valence-electron chi connectivity index (χ2n) is 0.346. The molecule has 0 saturated carbocycles. The first-order valence-corrected chi connectivity index (χ1v) is 1.81. The molecule has 4 heavy (non-hydrogen) atoms. The fourth-order valence-electron chi connectivity index (χ4n) is 0. The minimum absolute atomic E-state index is 0.778. The number of thiol groups is 2. The molecule has 1 nitrogen and oxygen atoms in total. The van der Waals surface area contributed by atoms with E-state index in [0.717, 1.165) is 0 Å². The number of rotatable bonds is 0. The highest BCUT2D eigenvalue weighted by Crippen LogP contribution is 1.88. The van der Waals surface area contributed by atoms with Crippen molar-refractivity contribution >= 4 is 25.3 Å². The normalized spacial score (nSPS) is 9.00. The first kappa shape index (κ1) is 4.66. The van der Waals surface area contributed by atoms with E-state index in [1.165, 1.54) is 0 Å². The average molecular weight is 96.2 g/mol. The number of aliphatic hydroxyl groups is 1. The Morgan fingerprint density at radius 2 is 1.50 bits per heavy atom. The fraction of sp³-hybridized carbons (Fsp3) is 1.00. The summed E-state index contributed by atoms with van der Waals surface area (Å²) in [5, 5.41) is 7.78. The summed E-state index contributed by atoms with van der Waals surface area (Å²) in [6, 6.07) is 0. The maximum Gasteiger partial charge on any atom is 0.140 e. The van der Waals surface area contributed by atoms with Crippen molar-refractivity contribution in [2.75, 3.05) is 0 Å². The summed E-state index contributed by atoms with van der Waals surface area (Å²) >= 11 is 6.77. The quantitative estimate of drug-likeness (QED) is 0.289. The lowest BCUT2D eigenvalue weighted by Gasteiger charge is -1.78. The third kappa shape index (κ3) is 16.8. The van der Waals surface area contributed by atoms with Gasteiger partial charge in [-0.05, 0) is 0 Å². The van der Waals surface area contributed by atoms with Crippen LogP contribution < -0.4 is 0 Å². The molecule has 0 spiro atoms. The van der Waals surface area contributed by atoms with Crippen LogP contribution in [0.1, 0.15) is 0 Å². The highest BCUT2D eigenvalue weighted by Gasteiger charge is 1.71. The summed E-state index contributed by atoms with van der Waals surface area (Å²) in [5.41, 5.74) is 0. The van der Waals surface area contributed by atoms with Gasteiger partial charge in [-0.25, -0.2) is 0 Å². The van der Waals surface area contributed by atoms with E-state index in [0.29, 0.717) is 0 Å². The monoisotopic (exact) mass is 96.0 g/mol. The first-order valence-electron chi connectivity index (χ1n) is 0.775. The van der Waals surface area contributed by atoms with Crippen molar-refractivity contribution in [3.63, 3.8) is 0 Å². The molecule has 0 aromatic heterocycles. The van der Waals surface area contributed by atoms with Crippen LogP contribution in [0, 0.1) is 0 Å². The van der Waals surface area contributed by atoms with Gasteiger partial charge < -0.3 is 5.11 Å². The van der Waals surface area contributed by atoms with Gasteiger partial charge in [0.1, 0.15) is 4.77 Å². The van der Waals surface area contributed by atoms with Crippen LogP contribution in [-0.4, -0.2) is 9.87 Å². The lowest BCUT2D eigenvalue weighted by Crippen LogP contribution is -1.73. The van der Waals surface area contributed by atoms with Crippen LogP contribution in [0.4, 0.5) is 0 Å². The Balaban J connectivity index is 2.32. The summed E-state index contributed by atoms with van der Waals surface area (Å²) < 4.78 is -0.778. The van der Waals surface area contributed by atoms with Crippen LogP contribution >= 0.6 is 25.3 Å². The molecular weight excluding hydrogens is 92.1 g/mol. The van der Waals surface area contributed by atoms with Gasteiger partial charge in [-0.15, -0.1) is 25.3 Å². The molecule has 0 saturated heterocycles. The van der Waals surface area contributed by atoms with E-state index in [-0.39, 0.29) is 0 Å². The smallest absolute Gasteiger partial charge is 0.140 e. The molecule has 0 aromatic carbocycles. The molecular formula is CH4OS2. The second-order valence-corrected chi connectivity index (χ2v) is 1.73. The maximum absolute atomic E-state index is 7.78. The highest BCUT2D eigenvalue weighted by molar-refractivity contribution is 7.98. The van der Waals surface area contributed by atoms with E-state index in [4.69, 9.17) is 5.11 Å². The van der Waals surface area contributed by atoms with Gasteiger partial charge in [0.05, 0.1) is 0 Å². The van der Waals surface area contributed by atoms with Gasteiger partial charge in [-0.1, -0.05) is 0 Å². The van der Waals surface area contributed by atoms with Crippen molar-refractivity contribution < 1.29 is 5.11 Å². The van der Waals surface area contributed by atoms with Crippen LogP contribution in [0.2, 0.25) is 0 Å². The van der Waals surface area contributed by atoms with E-state index in [1.807, 2.05) is 0 Å². The van der Waals surface area contributed by atoms with Crippen molar-refractivity contribution in [1.82, 2.24) is 0 Å². The SMILES string of the molecule is OC(S)S. The molecule has 0 aliphatic heterocycles. The van der Waals surface area contributed by atoms with Crippen LogP contribution in [0.5, 0.6) is 0 Å². The molecule has 0 heterocycles. The van der Waals surface area contributed by atoms with E-state index in [9.17, 15) is 0 Å². The van der Waals surface area contributed by atoms with Gasteiger partial charge in [0.2, 0.25) is 0 Å². The second kappa shape index (κ2) is 1.93. The number of hydrogen-bond acceptors (Lipinski definition) is 3. The third-order valence-electron chi connectivity index (χ3n) is 0. The van der Waals surface area contributed by atoms with Crippen LogP contribution in [0.25, 0.3) is 0 Å². The summed E-state index contributed by atoms with van der Waals surface area (Å²) in [6.45, 7) is 0. The predicted molar refractivity (Wildman–Crippen MR) is 24.0 cm³/mol. The molecule has 0 bridgehead atoms. The molecule has 0 fully saturated rings. The molecule has 0 amide bonds. The Bertz CT molecular complexity index is 10.8. The largest absolute Gasteiger partial charge is 0.373 e. The number of hydrogen-bond donors (Lipinski definition) is 3. The minimum atomic E-state index is -0.778. The van der Waals surface area contributed by atoms with E-state index in [1.54, 1.807) is 0 Å². The van der Waals surface area contributed by atoms with Crippen molar-refractivity contribution in [1.29, 1.82) is 0 Å². The van der Waals surface area contributed by atoms with E-state index < -0.39 is 4.77 Å². The average Bonchev–Trinajstić information content (AvgIpc) is 0.811. The van der Waals surface area contributed by atoms with Crippen LogP contribution in [-0.2, 0) is 0 Å². The van der Waals surface area contributed by atoms with Gasteiger partial charge in [0, 0.05) is 0 Å². The molecule has 1 N–H and O–H groups in total. The highest BCUT2D eigenvalue weighted by atomic mass is 32.2. The molecule has 0 rings (SSSR count). The summed E-state index contributed by atoms with van der Waals surface area (Å²) in [5.74, 6) is 0. The molecule has 0 aliphatic rings. The third-order valence-corrected chi connectivity index (χ3v) is 0. The topological polar surface area (TPSA) is 20.2 Å². The van der Waals surface area contributed by atoms with Gasteiger partial charge in [0.25, 0.3) is 0 Å². The zero-order valence-corrected chi connectivity index (χ0v) is 3.71. The Labute approximate surface area is 35.8 Å². The Morgan fingerprint density at radius 1 is 1.50 bits per heavy atom. The molecule has 0 aliphatic carbocycles. The Hall–Kier alpha value is 0.660. The zero-order chi connectivity index (χ0) is 3.58. The van der Waals surface area contributed by atoms with Gasteiger partial charge in [-0.2, -0.15) is 0 Å². The van der Waals surface area contributed by atoms with Crippen LogP contribution in [0.15, 0.2) is 0 Å². The Morgan fingerprint density at radius 3 is 1.50 bits per heavy atom. The lowest BCUT2D eigenvalue weighted by molar-refractivity contribution is 0.349. The molecule has 0 unspecified atom stereocenters. The Kier molecular flexibility index (Phi) is 2.25. The fourth-order valence-corrected chi connectivity index (χ4v) is 0. The van der Waals surface area contributed by atoms with E-state index >= 15 is 0 Å². The summed E-state index contributed by atoms with van der Waals surface area (Å²) in [7, 11) is 0. The predicted octanol–water partition coefficient (Wildman–Crippen LogP) is 0.122. The van der Waals surface area contributed by atoms with Crippen molar-refractivity contribution in [3.8, 4) is 0 Å². The lowest BCUT2D eigenvalue weighted by atomic mass is 11.7. The number of aliphatic hydroxyl groups excluding tert-OH is 1. The first-order chi connectivity index (χ1) is 1.73. The van der Waals surface area contributed by atoms with Gasteiger partial charge in [-0.3, -0.25) is 0 Å². The zero-order valence-electron chi connectivity index (χ0n) is 1.92. The molecule has 0 radical (unpaired) electrons. The van der Waals surface area contributed by atoms with E-state index in [2.05, 4.69) is 25.3 Å². The van der Waals surface area contributed by atoms with Crippen LogP contribution in [0.3, 0.4) is 0 Å². The molecule has 0 atom stereocenters. The van der Waals surface area contributed by atoms with Gasteiger partial charge in [0.15, 0.2) is 0 Å². The summed E-state index contributed by atoms with van der Waals surface area (Å²) in [6.07, 6.45) is 0. The standard InChI is InChI=1S/CH4OS2/c2-1(3)4/h1-4H. The van der Waals surface area contributed by atoms with Crippen molar-refractivity contribution in [2.24, 2.45) is 0 Å². The molecule has 26 valence electrons. The molecule has 3 heteroatoms. The van der Waals surface area contributed by atoms with Crippen molar-refractivity contribution in [2.45, 2.75) is 4.77 Å². The van der Waals surface area contributed by atoms with Gasteiger partial charge >= 0.3 is 0 Å². The summed E-state index contributed by atoms with van der Waals surface area (Å²) in [4.78, 5) is 0. The van der Waals surface area contributed by atoms with Crippen molar-refractivity contribution in [3.05, 3.63) is 0 Å².